The van der Waals surface area contributed by atoms with Crippen LogP contribution in [0.25, 0.3) is 0 Å². The van der Waals surface area contributed by atoms with Crippen molar-refractivity contribution in [3.8, 4) is 0 Å². The molecule has 32 heavy (non-hydrogen) atoms. The molecule has 3 aromatic rings. The van der Waals surface area contributed by atoms with E-state index in [4.69, 9.17) is 0 Å². The van der Waals surface area contributed by atoms with Gasteiger partial charge in [0, 0.05) is 36.3 Å². The van der Waals surface area contributed by atoms with Gasteiger partial charge in [-0.05, 0) is 43.0 Å². The highest BCUT2D eigenvalue weighted by atomic mass is 32.1. The van der Waals surface area contributed by atoms with E-state index in [9.17, 15) is 14.7 Å². The predicted molar refractivity (Wildman–Crippen MR) is 121 cm³/mol. The molecule has 2 atom stereocenters. The van der Waals surface area contributed by atoms with Gasteiger partial charge >= 0.3 is 0 Å². The molecule has 2 N–H and O–H groups in total. The minimum Gasteiger partial charge on any atom is -0.390 e. The molecule has 1 aliphatic carbocycles. The molecule has 5 rings (SSSR count). The maximum absolute atomic E-state index is 12.9. The average molecular weight is 449 g/mol. The first-order valence-corrected chi connectivity index (χ1v) is 11.6. The van der Waals surface area contributed by atoms with Crippen molar-refractivity contribution < 1.29 is 14.7 Å². The largest absolute Gasteiger partial charge is 0.390 e. The average Bonchev–Trinajstić information content (AvgIpc) is 3.36. The smallest absolute Gasteiger partial charge is 0.273 e. The maximum Gasteiger partial charge on any atom is 0.273 e. The fourth-order valence-electron chi connectivity index (χ4n) is 5.05. The van der Waals surface area contributed by atoms with Crippen LogP contribution >= 0.6 is 11.3 Å². The van der Waals surface area contributed by atoms with E-state index in [-0.39, 0.29) is 11.8 Å². The number of carbonyl (C=O) groups is 2. The van der Waals surface area contributed by atoms with E-state index < -0.39 is 17.6 Å². The SMILES string of the molecule is Cc1nc(C(=O)N2CCC3(CC2)c2ccccc2[C@@H](NC(=O)c2cccnc2)[C@@H]3O)cs1. The Balaban J connectivity index is 1.38. The number of benzene rings is 1. The number of nitrogens with one attached hydrogen (secondary N) is 1. The standard InChI is InChI=1S/C24H24N4O3S/c1-15-26-19(14-32-15)23(31)28-11-8-24(9-12-28)18-7-3-2-6-17(18)20(21(24)29)27-22(30)16-5-4-10-25-13-16/h2-7,10,13-14,20-21,29H,8-9,11-12H2,1H3,(H,27,30)/t20-,21+/m1/s1. The number of likely N-dealkylation sites (tertiary alicyclic amines) is 1. The zero-order chi connectivity index (χ0) is 22.3. The van der Waals surface area contributed by atoms with Gasteiger partial charge in [0.25, 0.3) is 11.8 Å². The third-order valence-electron chi connectivity index (χ3n) is 6.71. The lowest BCUT2D eigenvalue weighted by Gasteiger charge is -2.42. The van der Waals surface area contributed by atoms with Gasteiger partial charge in [-0.2, -0.15) is 0 Å². The summed E-state index contributed by atoms with van der Waals surface area (Å²) in [5, 5.41) is 17.2. The first-order valence-electron chi connectivity index (χ1n) is 10.7. The summed E-state index contributed by atoms with van der Waals surface area (Å²) in [6, 6.07) is 10.8. The highest BCUT2D eigenvalue weighted by Crippen LogP contribution is 2.51. The molecule has 0 saturated carbocycles. The number of fused-ring (bicyclic) bond motifs is 2. The molecule has 2 aromatic heterocycles. The van der Waals surface area contributed by atoms with E-state index in [0.29, 0.717) is 37.2 Å². The number of hydrogen-bond donors (Lipinski definition) is 2. The second-order valence-corrected chi connectivity index (χ2v) is 9.49. The topological polar surface area (TPSA) is 95.4 Å². The van der Waals surface area contributed by atoms with Crippen molar-refractivity contribution in [1.82, 2.24) is 20.2 Å². The van der Waals surface area contributed by atoms with Gasteiger partial charge in [-0.3, -0.25) is 14.6 Å². The van der Waals surface area contributed by atoms with Gasteiger partial charge in [-0.1, -0.05) is 24.3 Å². The van der Waals surface area contributed by atoms with E-state index >= 15 is 0 Å². The number of thiazole rings is 1. The Morgan fingerprint density at radius 1 is 1.19 bits per heavy atom. The Morgan fingerprint density at radius 2 is 1.97 bits per heavy atom. The van der Waals surface area contributed by atoms with Crippen molar-refractivity contribution in [3.63, 3.8) is 0 Å². The maximum atomic E-state index is 12.9. The summed E-state index contributed by atoms with van der Waals surface area (Å²) in [6.45, 7) is 2.95. The van der Waals surface area contributed by atoms with Crippen LogP contribution in [0.15, 0.2) is 54.2 Å². The van der Waals surface area contributed by atoms with Crippen molar-refractivity contribution in [2.75, 3.05) is 13.1 Å². The fraction of sp³-hybridized carbons (Fsp3) is 0.333. The van der Waals surface area contributed by atoms with Crippen molar-refractivity contribution in [2.45, 2.75) is 37.3 Å². The Bertz CT molecular complexity index is 1150. The molecule has 2 amide bonds. The number of aromatic nitrogens is 2. The van der Waals surface area contributed by atoms with E-state index in [0.717, 1.165) is 16.1 Å². The van der Waals surface area contributed by atoms with Crippen LogP contribution in [0.1, 0.15) is 55.9 Å². The zero-order valence-electron chi connectivity index (χ0n) is 17.7. The molecule has 1 aliphatic heterocycles. The number of amides is 2. The van der Waals surface area contributed by atoms with Gasteiger partial charge in [0.15, 0.2) is 0 Å². The zero-order valence-corrected chi connectivity index (χ0v) is 18.5. The van der Waals surface area contributed by atoms with Crippen molar-refractivity contribution >= 4 is 23.2 Å². The number of carbonyl (C=O) groups excluding carboxylic acids is 2. The molecule has 1 aromatic carbocycles. The lowest BCUT2D eigenvalue weighted by Crippen LogP contribution is -2.51. The van der Waals surface area contributed by atoms with Crippen LogP contribution in [0, 0.1) is 6.92 Å². The van der Waals surface area contributed by atoms with Crippen LogP contribution in [0.4, 0.5) is 0 Å². The Labute approximate surface area is 190 Å². The molecule has 0 unspecified atom stereocenters. The molecule has 1 fully saturated rings. The molecule has 1 saturated heterocycles. The summed E-state index contributed by atoms with van der Waals surface area (Å²) in [5.74, 6) is -0.327. The number of nitrogens with zero attached hydrogens (tertiary/aromatic N) is 3. The van der Waals surface area contributed by atoms with E-state index in [1.807, 2.05) is 36.1 Å². The molecule has 0 radical (unpaired) electrons. The quantitative estimate of drug-likeness (QED) is 0.642. The summed E-state index contributed by atoms with van der Waals surface area (Å²) in [6.07, 6.45) is 3.61. The molecule has 164 valence electrons. The highest BCUT2D eigenvalue weighted by Gasteiger charge is 2.53. The number of aliphatic hydroxyl groups is 1. The molecule has 7 nitrogen and oxygen atoms in total. The normalized spacial score (nSPS) is 21.4. The Kier molecular flexibility index (Phi) is 5.27. The molecule has 1 spiro atoms. The van der Waals surface area contributed by atoms with E-state index in [1.54, 1.807) is 23.7 Å². The molecular formula is C24H24N4O3S. The Morgan fingerprint density at radius 3 is 2.66 bits per heavy atom. The number of rotatable bonds is 3. The second kappa shape index (κ2) is 8.11. The van der Waals surface area contributed by atoms with Gasteiger partial charge < -0.3 is 15.3 Å². The van der Waals surface area contributed by atoms with Gasteiger partial charge in [-0.15, -0.1) is 11.3 Å². The van der Waals surface area contributed by atoms with Crippen LogP contribution in [0.3, 0.4) is 0 Å². The summed E-state index contributed by atoms with van der Waals surface area (Å²) < 4.78 is 0. The molecule has 8 heteroatoms. The first kappa shape index (κ1) is 20.8. The summed E-state index contributed by atoms with van der Waals surface area (Å²) in [5.41, 5.74) is 2.43. The van der Waals surface area contributed by atoms with Crippen molar-refractivity contribution in [1.29, 1.82) is 0 Å². The third kappa shape index (κ3) is 3.40. The third-order valence-corrected chi connectivity index (χ3v) is 7.48. The van der Waals surface area contributed by atoms with Crippen LogP contribution in [-0.2, 0) is 5.41 Å². The van der Waals surface area contributed by atoms with Crippen LogP contribution in [0.2, 0.25) is 0 Å². The van der Waals surface area contributed by atoms with Gasteiger partial charge in [0.1, 0.15) is 5.69 Å². The lowest BCUT2D eigenvalue weighted by molar-refractivity contribution is 0.0197. The van der Waals surface area contributed by atoms with Crippen LogP contribution < -0.4 is 5.32 Å². The highest BCUT2D eigenvalue weighted by molar-refractivity contribution is 7.09. The Hall–Kier alpha value is -3.10. The van der Waals surface area contributed by atoms with Crippen LogP contribution in [-0.4, -0.2) is 51.0 Å². The van der Waals surface area contributed by atoms with E-state index in [2.05, 4.69) is 15.3 Å². The summed E-state index contributed by atoms with van der Waals surface area (Å²) in [7, 11) is 0. The second-order valence-electron chi connectivity index (χ2n) is 8.43. The van der Waals surface area contributed by atoms with Crippen molar-refractivity contribution in [3.05, 3.63) is 81.6 Å². The minimum atomic E-state index is -0.778. The van der Waals surface area contributed by atoms with Gasteiger partial charge in [0.2, 0.25) is 0 Å². The number of aliphatic hydroxyl groups excluding tert-OH is 1. The number of aryl methyl sites for hydroxylation is 1. The monoisotopic (exact) mass is 448 g/mol. The molecular weight excluding hydrogens is 424 g/mol. The van der Waals surface area contributed by atoms with Gasteiger partial charge in [-0.25, -0.2) is 4.98 Å². The number of piperidine rings is 1. The minimum absolute atomic E-state index is 0.0635. The van der Waals surface area contributed by atoms with Crippen molar-refractivity contribution in [2.24, 2.45) is 0 Å². The summed E-state index contributed by atoms with van der Waals surface area (Å²) in [4.78, 5) is 35.8. The number of pyridine rings is 1. The predicted octanol–water partition coefficient (Wildman–Crippen LogP) is 2.87. The molecule has 3 heterocycles. The summed E-state index contributed by atoms with van der Waals surface area (Å²) >= 11 is 1.47. The fourth-order valence-corrected chi connectivity index (χ4v) is 5.63. The molecule has 2 aliphatic rings. The van der Waals surface area contributed by atoms with E-state index in [1.165, 1.54) is 17.5 Å². The van der Waals surface area contributed by atoms with Crippen LogP contribution in [0.5, 0.6) is 0 Å². The first-order chi connectivity index (χ1) is 15.5. The number of hydrogen-bond acceptors (Lipinski definition) is 6. The molecule has 0 bridgehead atoms. The lowest BCUT2D eigenvalue weighted by atomic mass is 9.72. The van der Waals surface area contributed by atoms with Gasteiger partial charge in [0.05, 0.1) is 22.7 Å².